The highest BCUT2D eigenvalue weighted by Crippen LogP contribution is 2.20. The van der Waals surface area contributed by atoms with Gasteiger partial charge in [-0.1, -0.05) is 35.0 Å². The van der Waals surface area contributed by atoms with Crippen molar-refractivity contribution < 1.29 is 9.32 Å². The molecule has 0 aliphatic carbocycles. The van der Waals surface area contributed by atoms with Crippen LogP contribution < -0.4 is 5.73 Å². The molecule has 0 radical (unpaired) electrons. The fourth-order valence-electron chi connectivity index (χ4n) is 1.77. The Morgan fingerprint density at radius 2 is 2.00 bits per heavy atom. The molecule has 0 spiro atoms. The number of halogens is 1. The number of aromatic nitrogens is 1. The fraction of sp³-hybridized carbons (Fsp3) is 0.333. The van der Waals surface area contributed by atoms with E-state index in [9.17, 15) is 4.79 Å². The van der Waals surface area contributed by atoms with Gasteiger partial charge < -0.3 is 15.2 Å². The van der Waals surface area contributed by atoms with Crippen LogP contribution >= 0.6 is 12.4 Å². The van der Waals surface area contributed by atoms with E-state index in [-0.39, 0.29) is 30.1 Å². The molecule has 1 aromatic heterocycles. The van der Waals surface area contributed by atoms with E-state index in [0.29, 0.717) is 12.2 Å². The monoisotopic (exact) mass is 309 g/mol. The Morgan fingerprint density at radius 1 is 1.38 bits per heavy atom. The minimum atomic E-state index is -0.214. The number of carbonyl (C=O) groups excluding carboxylic acids is 1. The van der Waals surface area contributed by atoms with Gasteiger partial charge in [-0.05, 0) is 13.8 Å². The summed E-state index contributed by atoms with van der Waals surface area (Å²) in [7, 11) is 1.70. The van der Waals surface area contributed by atoms with Crippen LogP contribution in [0.4, 0.5) is 0 Å². The average Bonchev–Trinajstić information content (AvgIpc) is 2.95. The average molecular weight is 310 g/mol. The predicted molar refractivity (Wildman–Crippen MR) is 84.5 cm³/mol. The third kappa shape index (κ3) is 3.83. The van der Waals surface area contributed by atoms with Gasteiger partial charge in [-0.2, -0.15) is 0 Å². The number of benzene rings is 1. The van der Waals surface area contributed by atoms with Crippen molar-refractivity contribution in [2.24, 2.45) is 5.73 Å². The molecule has 0 aliphatic rings. The molecule has 1 aromatic carbocycles. The Bertz CT molecular complexity index is 595. The van der Waals surface area contributed by atoms with Crippen LogP contribution in [0.5, 0.6) is 0 Å². The van der Waals surface area contributed by atoms with Crippen molar-refractivity contribution in [3.63, 3.8) is 0 Å². The van der Waals surface area contributed by atoms with Gasteiger partial charge in [0.1, 0.15) is 5.69 Å². The smallest absolute Gasteiger partial charge is 0.292 e. The Balaban J connectivity index is 0.00000220. The number of nitrogens with zero attached hydrogens (tertiary/aromatic N) is 2. The molecule has 0 fully saturated rings. The van der Waals surface area contributed by atoms with E-state index in [0.717, 1.165) is 5.56 Å². The summed E-state index contributed by atoms with van der Waals surface area (Å²) in [4.78, 5) is 13.7. The zero-order valence-corrected chi connectivity index (χ0v) is 13.2. The highest BCUT2D eigenvalue weighted by Gasteiger charge is 2.21. The minimum absolute atomic E-state index is 0. The first-order valence-electron chi connectivity index (χ1n) is 6.54. The first-order valence-corrected chi connectivity index (χ1v) is 6.54. The van der Waals surface area contributed by atoms with Crippen molar-refractivity contribution in [2.45, 2.75) is 19.9 Å². The first kappa shape index (κ1) is 17.2. The second-order valence-electron chi connectivity index (χ2n) is 4.94. The molecule has 0 aliphatic heterocycles. The summed E-state index contributed by atoms with van der Waals surface area (Å²) < 4.78 is 5.14. The van der Waals surface area contributed by atoms with Crippen LogP contribution in [0, 0.1) is 6.92 Å². The normalized spacial score (nSPS) is 11.6. The Kier molecular flexibility index (Phi) is 5.93. The number of hydrogen-bond donors (Lipinski definition) is 1. The number of aryl methyl sites for hydroxylation is 1. The summed E-state index contributed by atoms with van der Waals surface area (Å²) in [5.41, 5.74) is 8.31. The lowest BCUT2D eigenvalue weighted by atomic mass is 10.1. The van der Waals surface area contributed by atoms with Crippen LogP contribution in [0.1, 0.15) is 23.0 Å². The summed E-state index contributed by atoms with van der Waals surface area (Å²) in [5.74, 6) is 0.0113. The molecule has 2 rings (SSSR count). The van der Waals surface area contributed by atoms with E-state index < -0.39 is 0 Å². The molecule has 1 unspecified atom stereocenters. The zero-order valence-electron chi connectivity index (χ0n) is 12.4. The molecule has 21 heavy (non-hydrogen) atoms. The van der Waals surface area contributed by atoms with Gasteiger partial charge in [-0.15, -0.1) is 12.4 Å². The van der Waals surface area contributed by atoms with Gasteiger partial charge in [-0.3, -0.25) is 4.79 Å². The lowest BCUT2D eigenvalue weighted by molar-refractivity contribution is 0.0706. The highest BCUT2D eigenvalue weighted by molar-refractivity contribution is 5.92. The fourth-order valence-corrected chi connectivity index (χ4v) is 1.77. The largest absolute Gasteiger partial charge is 0.350 e. The SMILES string of the molecule is Cc1ccc(-c2cc(C(=O)N(C)C(C)CN)on2)cc1.Cl. The van der Waals surface area contributed by atoms with Crippen molar-refractivity contribution in [1.82, 2.24) is 10.1 Å². The van der Waals surface area contributed by atoms with Crippen molar-refractivity contribution in [3.05, 3.63) is 41.7 Å². The van der Waals surface area contributed by atoms with Crippen LogP contribution in [0.2, 0.25) is 0 Å². The van der Waals surface area contributed by atoms with Gasteiger partial charge in [0.05, 0.1) is 0 Å². The number of carbonyl (C=O) groups is 1. The number of likely N-dealkylation sites (N-methyl/N-ethyl adjacent to an activating group) is 1. The van der Waals surface area contributed by atoms with E-state index >= 15 is 0 Å². The second kappa shape index (κ2) is 7.24. The molecule has 1 heterocycles. The summed E-state index contributed by atoms with van der Waals surface area (Å²) in [6.07, 6.45) is 0. The molecule has 2 aromatic rings. The summed E-state index contributed by atoms with van der Waals surface area (Å²) in [6.45, 7) is 4.31. The third-order valence-electron chi connectivity index (χ3n) is 3.39. The zero-order chi connectivity index (χ0) is 14.7. The quantitative estimate of drug-likeness (QED) is 0.941. The summed E-state index contributed by atoms with van der Waals surface area (Å²) in [6, 6.07) is 9.51. The van der Waals surface area contributed by atoms with E-state index in [4.69, 9.17) is 10.3 Å². The lowest BCUT2D eigenvalue weighted by Crippen LogP contribution is -2.39. The molecule has 0 saturated heterocycles. The Morgan fingerprint density at radius 3 is 2.57 bits per heavy atom. The maximum atomic E-state index is 12.2. The van der Waals surface area contributed by atoms with Crippen molar-refractivity contribution in [1.29, 1.82) is 0 Å². The molecule has 5 nitrogen and oxygen atoms in total. The molecule has 114 valence electrons. The molecular weight excluding hydrogens is 290 g/mol. The molecule has 0 saturated carbocycles. The number of nitrogens with two attached hydrogens (primary N) is 1. The van der Waals surface area contributed by atoms with Crippen molar-refractivity contribution in [2.75, 3.05) is 13.6 Å². The van der Waals surface area contributed by atoms with Gasteiger partial charge in [0.2, 0.25) is 5.76 Å². The standard InChI is InChI=1S/C15H19N3O2.ClH/c1-10-4-6-12(7-5-10)13-8-14(20-17-13)15(19)18(3)11(2)9-16;/h4-8,11H,9,16H2,1-3H3;1H. The van der Waals surface area contributed by atoms with Gasteiger partial charge in [0, 0.05) is 31.3 Å². The molecule has 1 amide bonds. The van der Waals surface area contributed by atoms with Crippen molar-refractivity contribution >= 4 is 18.3 Å². The number of rotatable bonds is 4. The number of amides is 1. The van der Waals surface area contributed by atoms with Crippen LogP contribution in [0.15, 0.2) is 34.9 Å². The number of hydrogen-bond acceptors (Lipinski definition) is 4. The lowest BCUT2D eigenvalue weighted by Gasteiger charge is -2.21. The minimum Gasteiger partial charge on any atom is -0.350 e. The van der Waals surface area contributed by atoms with Crippen LogP contribution in [-0.2, 0) is 0 Å². The van der Waals surface area contributed by atoms with Crippen molar-refractivity contribution in [3.8, 4) is 11.3 Å². The van der Waals surface area contributed by atoms with Gasteiger partial charge in [0.25, 0.3) is 5.91 Å². The van der Waals surface area contributed by atoms with E-state index in [1.807, 2.05) is 38.1 Å². The molecule has 1 atom stereocenters. The summed E-state index contributed by atoms with van der Waals surface area (Å²) >= 11 is 0. The van der Waals surface area contributed by atoms with Crippen LogP contribution in [0.3, 0.4) is 0 Å². The maximum Gasteiger partial charge on any atom is 0.292 e. The Hall–Kier alpha value is -1.85. The van der Waals surface area contributed by atoms with Crippen LogP contribution in [0.25, 0.3) is 11.3 Å². The third-order valence-corrected chi connectivity index (χ3v) is 3.39. The van der Waals surface area contributed by atoms with Crippen LogP contribution in [-0.4, -0.2) is 35.6 Å². The predicted octanol–water partition coefficient (Wildman–Crippen LogP) is 2.49. The molecular formula is C15H20ClN3O2. The van der Waals surface area contributed by atoms with E-state index in [1.165, 1.54) is 5.56 Å². The molecule has 2 N–H and O–H groups in total. The molecule has 6 heteroatoms. The Labute approximate surface area is 130 Å². The van der Waals surface area contributed by atoms with E-state index in [2.05, 4.69) is 5.16 Å². The summed E-state index contributed by atoms with van der Waals surface area (Å²) in [5, 5.41) is 3.95. The highest BCUT2D eigenvalue weighted by atomic mass is 35.5. The maximum absolute atomic E-state index is 12.2. The second-order valence-corrected chi connectivity index (χ2v) is 4.94. The molecule has 0 bridgehead atoms. The van der Waals surface area contributed by atoms with Gasteiger partial charge in [0.15, 0.2) is 0 Å². The van der Waals surface area contributed by atoms with E-state index in [1.54, 1.807) is 18.0 Å². The first-order chi connectivity index (χ1) is 9.52. The van der Waals surface area contributed by atoms with Gasteiger partial charge in [-0.25, -0.2) is 0 Å². The topological polar surface area (TPSA) is 72.4 Å². The van der Waals surface area contributed by atoms with Gasteiger partial charge >= 0.3 is 0 Å².